The number of furan rings is 1. The van der Waals surface area contributed by atoms with E-state index in [1.165, 1.54) is 6.26 Å². The van der Waals surface area contributed by atoms with E-state index in [0.29, 0.717) is 18.8 Å². The van der Waals surface area contributed by atoms with Gasteiger partial charge >= 0.3 is 0 Å². The van der Waals surface area contributed by atoms with Crippen LogP contribution >= 0.6 is 0 Å². The Kier molecular flexibility index (Phi) is 4.37. The molecule has 0 spiro atoms. The zero-order chi connectivity index (χ0) is 11.3. The molecule has 1 heterocycles. The number of rotatable bonds is 5. The zero-order valence-corrected chi connectivity index (χ0v) is 9.27. The van der Waals surface area contributed by atoms with Gasteiger partial charge in [0.2, 0.25) is 0 Å². The van der Waals surface area contributed by atoms with Crippen molar-refractivity contribution in [3.8, 4) is 0 Å². The van der Waals surface area contributed by atoms with Crippen molar-refractivity contribution in [3.63, 3.8) is 0 Å². The number of amides is 1. The van der Waals surface area contributed by atoms with Crippen molar-refractivity contribution in [1.29, 1.82) is 0 Å². The van der Waals surface area contributed by atoms with Gasteiger partial charge in [-0.15, -0.1) is 0 Å². The second-order valence-corrected chi connectivity index (χ2v) is 3.71. The Bertz CT molecular complexity index is 294. The molecule has 0 fully saturated rings. The quantitative estimate of drug-likeness (QED) is 0.800. The molecule has 1 aromatic rings. The summed E-state index contributed by atoms with van der Waals surface area (Å²) in [6.07, 6.45) is 2.32. The minimum atomic E-state index is -0.0662. The third-order valence-corrected chi connectivity index (χ3v) is 2.22. The fraction of sp³-hybridized carbons (Fsp3) is 0.545. The number of nitrogens with zero attached hydrogens (tertiary/aromatic N) is 1. The first kappa shape index (κ1) is 11.8. The molecule has 15 heavy (non-hydrogen) atoms. The molecule has 0 aliphatic carbocycles. The summed E-state index contributed by atoms with van der Waals surface area (Å²) < 4.78 is 5.08. The number of hydrogen-bond acceptors (Lipinski definition) is 3. The van der Waals surface area contributed by atoms with Crippen LogP contribution < -0.4 is 5.73 Å². The lowest BCUT2D eigenvalue weighted by Gasteiger charge is -2.25. The number of nitrogens with two attached hydrogens (primary N) is 1. The molecule has 0 unspecified atom stereocenters. The highest BCUT2D eigenvalue weighted by molar-refractivity contribution is 5.91. The van der Waals surface area contributed by atoms with Gasteiger partial charge < -0.3 is 15.1 Å². The maximum absolute atomic E-state index is 11.9. The van der Waals surface area contributed by atoms with Crippen LogP contribution in [0.2, 0.25) is 0 Å². The molecule has 0 aromatic carbocycles. The second kappa shape index (κ2) is 5.56. The number of carbonyl (C=O) groups is 1. The highest BCUT2D eigenvalue weighted by Crippen LogP contribution is 2.09. The molecule has 0 saturated heterocycles. The van der Waals surface area contributed by atoms with E-state index in [1.54, 1.807) is 17.0 Å². The molecule has 0 radical (unpaired) electrons. The van der Waals surface area contributed by atoms with Gasteiger partial charge in [-0.1, -0.05) is 0 Å². The number of carbonyl (C=O) groups excluding carboxylic acids is 1. The Morgan fingerprint density at radius 2 is 2.33 bits per heavy atom. The van der Waals surface area contributed by atoms with Crippen LogP contribution in [0.3, 0.4) is 0 Å². The van der Waals surface area contributed by atoms with Gasteiger partial charge in [-0.3, -0.25) is 4.79 Å². The predicted molar refractivity (Wildman–Crippen MR) is 58.6 cm³/mol. The highest BCUT2D eigenvalue weighted by Gasteiger charge is 2.19. The van der Waals surface area contributed by atoms with Gasteiger partial charge in [0.1, 0.15) is 0 Å². The van der Waals surface area contributed by atoms with Crippen LogP contribution in [0.4, 0.5) is 0 Å². The molecule has 4 heteroatoms. The molecule has 4 nitrogen and oxygen atoms in total. The minimum Gasteiger partial charge on any atom is -0.459 e. The molecular weight excluding hydrogens is 192 g/mol. The summed E-state index contributed by atoms with van der Waals surface area (Å²) in [6.45, 7) is 5.23. The van der Waals surface area contributed by atoms with Gasteiger partial charge in [0, 0.05) is 12.6 Å². The fourth-order valence-electron chi connectivity index (χ4n) is 1.40. The summed E-state index contributed by atoms with van der Waals surface area (Å²) in [5, 5.41) is 0. The molecule has 84 valence electrons. The lowest BCUT2D eigenvalue weighted by atomic mass is 10.2. The first-order valence-electron chi connectivity index (χ1n) is 5.21. The summed E-state index contributed by atoms with van der Waals surface area (Å²) in [5.41, 5.74) is 5.43. The van der Waals surface area contributed by atoms with Crippen molar-refractivity contribution < 1.29 is 9.21 Å². The topological polar surface area (TPSA) is 59.5 Å². The molecule has 0 aliphatic heterocycles. The molecular formula is C11H18N2O2. The van der Waals surface area contributed by atoms with Crippen LogP contribution in [0.5, 0.6) is 0 Å². The van der Waals surface area contributed by atoms with E-state index in [4.69, 9.17) is 10.2 Å². The predicted octanol–water partition coefficient (Wildman–Crippen LogP) is 1.48. The lowest BCUT2D eigenvalue weighted by molar-refractivity contribution is 0.0672. The van der Waals surface area contributed by atoms with Crippen LogP contribution in [0.1, 0.15) is 30.8 Å². The largest absolute Gasteiger partial charge is 0.459 e. The normalized spacial score (nSPS) is 10.7. The second-order valence-electron chi connectivity index (χ2n) is 3.71. The lowest BCUT2D eigenvalue weighted by Crippen LogP contribution is -2.38. The molecule has 0 atom stereocenters. The van der Waals surface area contributed by atoms with Gasteiger partial charge in [-0.05, 0) is 38.9 Å². The minimum absolute atomic E-state index is 0.0662. The van der Waals surface area contributed by atoms with E-state index < -0.39 is 0 Å². The molecule has 1 aromatic heterocycles. The maximum Gasteiger partial charge on any atom is 0.289 e. The summed E-state index contributed by atoms with van der Waals surface area (Å²) >= 11 is 0. The van der Waals surface area contributed by atoms with E-state index in [9.17, 15) is 4.79 Å². The van der Waals surface area contributed by atoms with Gasteiger partial charge in [-0.25, -0.2) is 0 Å². The first-order valence-corrected chi connectivity index (χ1v) is 5.21. The zero-order valence-electron chi connectivity index (χ0n) is 9.27. The smallest absolute Gasteiger partial charge is 0.289 e. The van der Waals surface area contributed by atoms with Crippen LogP contribution in [0.15, 0.2) is 22.8 Å². The molecule has 0 aliphatic rings. The van der Waals surface area contributed by atoms with Gasteiger partial charge in [0.25, 0.3) is 5.91 Å². The third-order valence-electron chi connectivity index (χ3n) is 2.22. The maximum atomic E-state index is 11.9. The van der Waals surface area contributed by atoms with Crippen molar-refractivity contribution >= 4 is 5.91 Å². The van der Waals surface area contributed by atoms with E-state index in [2.05, 4.69) is 0 Å². The average molecular weight is 210 g/mol. The van der Waals surface area contributed by atoms with Crippen LogP contribution in [-0.2, 0) is 0 Å². The van der Waals surface area contributed by atoms with Crippen LogP contribution in [-0.4, -0.2) is 29.9 Å². The van der Waals surface area contributed by atoms with Crippen molar-refractivity contribution in [2.24, 2.45) is 5.73 Å². The third kappa shape index (κ3) is 3.09. The Labute approximate surface area is 90.0 Å². The SMILES string of the molecule is CC(C)N(CCCN)C(=O)c1ccco1. The summed E-state index contributed by atoms with van der Waals surface area (Å²) in [5.74, 6) is 0.323. The van der Waals surface area contributed by atoms with E-state index in [0.717, 1.165) is 6.42 Å². The van der Waals surface area contributed by atoms with Crippen molar-refractivity contribution in [3.05, 3.63) is 24.2 Å². The van der Waals surface area contributed by atoms with Gasteiger partial charge in [-0.2, -0.15) is 0 Å². The Hall–Kier alpha value is -1.29. The summed E-state index contributed by atoms with van der Waals surface area (Å²) in [7, 11) is 0. The molecule has 0 saturated carbocycles. The number of hydrogen-bond donors (Lipinski definition) is 1. The molecule has 1 amide bonds. The summed E-state index contributed by atoms with van der Waals surface area (Å²) in [6, 6.07) is 3.56. The van der Waals surface area contributed by atoms with E-state index in [1.807, 2.05) is 13.8 Å². The Balaban J connectivity index is 2.67. The highest BCUT2D eigenvalue weighted by atomic mass is 16.3. The Morgan fingerprint density at radius 3 is 2.80 bits per heavy atom. The standard InChI is InChI=1S/C11H18N2O2/c1-9(2)13(7-4-6-12)11(14)10-5-3-8-15-10/h3,5,8-9H,4,6-7,12H2,1-2H3. The summed E-state index contributed by atoms with van der Waals surface area (Å²) in [4.78, 5) is 13.7. The Morgan fingerprint density at radius 1 is 1.60 bits per heavy atom. The monoisotopic (exact) mass is 210 g/mol. The van der Waals surface area contributed by atoms with Gasteiger partial charge in [0.15, 0.2) is 5.76 Å². The average Bonchev–Trinajstić information content (AvgIpc) is 2.70. The molecule has 0 bridgehead atoms. The van der Waals surface area contributed by atoms with E-state index >= 15 is 0 Å². The van der Waals surface area contributed by atoms with Crippen molar-refractivity contribution in [2.75, 3.05) is 13.1 Å². The first-order chi connectivity index (χ1) is 7.16. The van der Waals surface area contributed by atoms with Crippen molar-refractivity contribution in [2.45, 2.75) is 26.3 Å². The van der Waals surface area contributed by atoms with Crippen LogP contribution in [0.25, 0.3) is 0 Å². The molecule has 2 N–H and O–H groups in total. The van der Waals surface area contributed by atoms with Gasteiger partial charge in [0.05, 0.1) is 6.26 Å². The fourth-order valence-corrected chi connectivity index (χ4v) is 1.40. The van der Waals surface area contributed by atoms with E-state index in [-0.39, 0.29) is 11.9 Å². The van der Waals surface area contributed by atoms with Crippen LogP contribution in [0, 0.1) is 0 Å². The van der Waals surface area contributed by atoms with Crippen molar-refractivity contribution in [1.82, 2.24) is 4.90 Å². The molecule has 1 rings (SSSR count).